The van der Waals surface area contributed by atoms with Gasteiger partial charge in [-0.1, -0.05) is 6.92 Å². The summed E-state index contributed by atoms with van der Waals surface area (Å²) < 4.78 is 1.15. The third kappa shape index (κ3) is 2.35. The van der Waals surface area contributed by atoms with Crippen LogP contribution >= 0.6 is 27.3 Å². The summed E-state index contributed by atoms with van der Waals surface area (Å²) in [6, 6.07) is 0. The molecule has 78 valence electrons. The zero-order valence-corrected chi connectivity index (χ0v) is 10.7. The molecule has 0 bridgehead atoms. The second-order valence-corrected chi connectivity index (χ2v) is 6.32. The summed E-state index contributed by atoms with van der Waals surface area (Å²) in [4.78, 5) is 4.44. The van der Waals surface area contributed by atoms with Crippen LogP contribution in [-0.4, -0.2) is 18.1 Å². The molecule has 0 aromatic carbocycles. The number of thiazole rings is 1. The second kappa shape index (κ2) is 4.73. The summed E-state index contributed by atoms with van der Waals surface area (Å²) in [5, 5.41) is 4.68. The lowest BCUT2D eigenvalue weighted by Crippen LogP contribution is -2.30. The van der Waals surface area contributed by atoms with Gasteiger partial charge in [-0.3, -0.25) is 0 Å². The van der Waals surface area contributed by atoms with Crippen LogP contribution in [0.25, 0.3) is 0 Å². The Labute approximate surface area is 97.3 Å². The minimum Gasteiger partial charge on any atom is -0.317 e. The Kier molecular flexibility index (Phi) is 3.57. The Hall–Kier alpha value is 0.0700. The quantitative estimate of drug-likeness (QED) is 0.897. The number of aromatic nitrogens is 1. The molecule has 2 heterocycles. The molecule has 0 radical (unpaired) electrons. The van der Waals surface area contributed by atoms with Crippen LogP contribution in [-0.2, 0) is 0 Å². The van der Waals surface area contributed by atoms with Crippen molar-refractivity contribution in [3.05, 3.63) is 15.0 Å². The molecule has 1 unspecified atom stereocenters. The van der Waals surface area contributed by atoms with Gasteiger partial charge in [0.25, 0.3) is 0 Å². The molecule has 0 amide bonds. The van der Waals surface area contributed by atoms with Crippen molar-refractivity contribution in [2.45, 2.75) is 25.7 Å². The van der Waals surface area contributed by atoms with Crippen LogP contribution in [0.2, 0.25) is 0 Å². The lowest BCUT2D eigenvalue weighted by molar-refractivity contribution is 0.330. The van der Waals surface area contributed by atoms with E-state index < -0.39 is 0 Å². The fourth-order valence-electron chi connectivity index (χ4n) is 2.02. The number of halogens is 1. The number of rotatable bonds is 2. The van der Waals surface area contributed by atoms with Crippen molar-refractivity contribution in [3.8, 4) is 0 Å². The van der Waals surface area contributed by atoms with Gasteiger partial charge in [-0.2, -0.15) is 0 Å². The number of piperidine rings is 1. The van der Waals surface area contributed by atoms with Gasteiger partial charge in [0, 0.05) is 5.92 Å². The molecule has 0 aliphatic carbocycles. The van der Waals surface area contributed by atoms with E-state index in [-0.39, 0.29) is 0 Å². The third-order valence-corrected chi connectivity index (χ3v) is 4.65. The predicted molar refractivity (Wildman–Crippen MR) is 63.8 cm³/mol. The van der Waals surface area contributed by atoms with Gasteiger partial charge in [0.15, 0.2) is 0 Å². The first-order chi connectivity index (χ1) is 6.77. The number of nitrogens with zero attached hydrogens (tertiary/aromatic N) is 1. The van der Waals surface area contributed by atoms with Crippen LogP contribution in [0.5, 0.6) is 0 Å². The number of hydrogen-bond donors (Lipinski definition) is 1. The summed E-state index contributed by atoms with van der Waals surface area (Å²) in [6.07, 6.45) is 4.49. The fraction of sp³-hybridized carbons (Fsp3) is 0.700. The highest BCUT2D eigenvalue weighted by atomic mass is 79.9. The summed E-state index contributed by atoms with van der Waals surface area (Å²) in [7, 11) is 0. The molecule has 2 nitrogen and oxygen atoms in total. The van der Waals surface area contributed by atoms with Crippen molar-refractivity contribution in [1.82, 2.24) is 10.3 Å². The average Bonchev–Trinajstić information content (AvgIpc) is 2.65. The molecule has 0 saturated carbocycles. The zero-order valence-electron chi connectivity index (χ0n) is 8.29. The normalized spacial score (nSPS) is 21.0. The molecule has 1 N–H and O–H groups in total. The molecule has 1 aliphatic rings. The van der Waals surface area contributed by atoms with Gasteiger partial charge >= 0.3 is 0 Å². The highest BCUT2D eigenvalue weighted by Crippen LogP contribution is 2.34. The highest BCUT2D eigenvalue weighted by Gasteiger charge is 2.23. The fourth-order valence-corrected chi connectivity index (χ4v) is 3.41. The third-order valence-electron chi connectivity index (χ3n) is 2.98. The molecule has 1 aromatic rings. The van der Waals surface area contributed by atoms with Gasteiger partial charge in [-0.25, -0.2) is 4.98 Å². The SMILES string of the molecule is CC(c1ncc(Br)s1)C1CCNCC1. The van der Waals surface area contributed by atoms with Crippen molar-refractivity contribution in [1.29, 1.82) is 0 Å². The van der Waals surface area contributed by atoms with E-state index in [0.29, 0.717) is 5.92 Å². The number of hydrogen-bond acceptors (Lipinski definition) is 3. The summed E-state index contributed by atoms with van der Waals surface area (Å²) in [5.74, 6) is 1.43. The van der Waals surface area contributed by atoms with Crippen LogP contribution in [0.15, 0.2) is 9.98 Å². The van der Waals surface area contributed by atoms with Gasteiger partial charge in [-0.05, 0) is 47.8 Å². The molecule has 1 aromatic heterocycles. The number of nitrogens with one attached hydrogen (secondary N) is 1. The van der Waals surface area contributed by atoms with Gasteiger partial charge < -0.3 is 5.32 Å². The standard InChI is InChI=1S/C10H15BrN2S/c1-7(8-2-4-12-5-3-8)10-13-6-9(11)14-10/h6-8,12H,2-5H2,1H3. The van der Waals surface area contributed by atoms with Crippen molar-refractivity contribution < 1.29 is 0 Å². The van der Waals surface area contributed by atoms with Gasteiger partial charge in [0.2, 0.25) is 0 Å². The van der Waals surface area contributed by atoms with Crippen LogP contribution in [0.1, 0.15) is 30.7 Å². The molecule has 1 fully saturated rings. The Morgan fingerprint density at radius 2 is 2.29 bits per heavy atom. The van der Waals surface area contributed by atoms with Crippen molar-refractivity contribution in [2.24, 2.45) is 5.92 Å². The Bertz CT molecular complexity index is 294. The van der Waals surface area contributed by atoms with E-state index in [9.17, 15) is 0 Å². The van der Waals surface area contributed by atoms with Gasteiger partial charge in [-0.15, -0.1) is 11.3 Å². The molecule has 4 heteroatoms. The molecule has 1 aliphatic heterocycles. The van der Waals surface area contributed by atoms with Crippen molar-refractivity contribution >= 4 is 27.3 Å². The van der Waals surface area contributed by atoms with Gasteiger partial charge in [0.05, 0.1) is 15.0 Å². The maximum Gasteiger partial charge on any atom is 0.0967 e. The second-order valence-electron chi connectivity index (χ2n) is 3.88. The monoisotopic (exact) mass is 274 g/mol. The van der Waals surface area contributed by atoms with E-state index in [4.69, 9.17) is 0 Å². The van der Waals surface area contributed by atoms with Gasteiger partial charge in [0.1, 0.15) is 0 Å². The summed E-state index contributed by atoms with van der Waals surface area (Å²) in [5.41, 5.74) is 0. The lowest BCUT2D eigenvalue weighted by Gasteiger charge is -2.26. The minimum absolute atomic E-state index is 0.619. The smallest absolute Gasteiger partial charge is 0.0967 e. The Balaban J connectivity index is 2.03. The maximum absolute atomic E-state index is 4.44. The molecule has 2 rings (SSSR count). The molecular weight excluding hydrogens is 260 g/mol. The summed E-state index contributed by atoms with van der Waals surface area (Å²) in [6.45, 7) is 4.64. The average molecular weight is 275 g/mol. The first-order valence-electron chi connectivity index (χ1n) is 5.09. The highest BCUT2D eigenvalue weighted by molar-refractivity contribution is 9.11. The molecular formula is C10H15BrN2S. The maximum atomic E-state index is 4.44. The van der Waals surface area contributed by atoms with Crippen LogP contribution in [0, 0.1) is 5.92 Å². The first kappa shape index (κ1) is 10.6. The first-order valence-corrected chi connectivity index (χ1v) is 6.70. The predicted octanol–water partition coefficient (Wildman–Crippen LogP) is 3.01. The van der Waals surface area contributed by atoms with Crippen molar-refractivity contribution in [2.75, 3.05) is 13.1 Å². The topological polar surface area (TPSA) is 24.9 Å². The minimum atomic E-state index is 0.619. The molecule has 1 atom stereocenters. The van der Waals surface area contributed by atoms with E-state index in [1.54, 1.807) is 11.3 Å². The lowest BCUT2D eigenvalue weighted by atomic mass is 9.86. The summed E-state index contributed by atoms with van der Waals surface area (Å²) >= 11 is 5.24. The van der Waals surface area contributed by atoms with Crippen molar-refractivity contribution in [3.63, 3.8) is 0 Å². The van der Waals surface area contributed by atoms with E-state index in [1.165, 1.54) is 30.9 Å². The van der Waals surface area contributed by atoms with Crippen LogP contribution in [0.3, 0.4) is 0 Å². The van der Waals surface area contributed by atoms with E-state index in [1.807, 2.05) is 6.20 Å². The Morgan fingerprint density at radius 1 is 1.57 bits per heavy atom. The molecule has 0 spiro atoms. The molecule has 1 saturated heterocycles. The Morgan fingerprint density at radius 3 is 2.86 bits per heavy atom. The van der Waals surface area contributed by atoms with Crippen LogP contribution in [0.4, 0.5) is 0 Å². The van der Waals surface area contributed by atoms with E-state index in [0.717, 1.165) is 9.70 Å². The largest absolute Gasteiger partial charge is 0.317 e. The van der Waals surface area contributed by atoms with E-state index in [2.05, 4.69) is 33.2 Å². The zero-order chi connectivity index (χ0) is 9.97. The van der Waals surface area contributed by atoms with E-state index >= 15 is 0 Å². The molecule has 14 heavy (non-hydrogen) atoms. The van der Waals surface area contributed by atoms with Crippen LogP contribution < -0.4 is 5.32 Å².